The van der Waals surface area contributed by atoms with Gasteiger partial charge in [-0.05, 0) is 41.3 Å². The fourth-order valence-electron chi connectivity index (χ4n) is 2.75. The molecule has 0 radical (unpaired) electrons. The summed E-state index contributed by atoms with van der Waals surface area (Å²) in [4.78, 5) is 0. The number of aromatic nitrogens is 1. The van der Waals surface area contributed by atoms with Crippen molar-refractivity contribution in [2.45, 2.75) is 26.2 Å². The van der Waals surface area contributed by atoms with Crippen molar-refractivity contribution in [1.82, 2.24) is 4.57 Å². The molecule has 0 fully saturated rings. The smallest absolute Gasteiger partial charge is 0.0991 e. The minimum absolute atomic E-state index is 0.128. The summed E-state index contributed by atoms with van der Waals surface area (Å²) in [5.74, 6) is 0. The zero-order chi connectivity index (χ0) is 14.5. The van der Waals surface area contributed by atoms with Crippen molar-refractivity contribution in [1.29, 1.82) is 5.26 Å². The summed E-state index contributed by atoms with van der Waals surface area (Å²) >= 11 is 0. The van der Waals surface area contributed by atoms with E-state index in [9.17, 15) is 0 Å². The lowest BCUT2D eigenvalue weighted by Crippen LogP contribution is -2.10. The third-order valence-corrected chi connectivity index (χ3v) is 4.00. The molecule has 3 aromatic rings. The molecule has 0 saturated carbocycles. The maximum absolute atomic E-state index is 9.10. The fourth-order valence-corrected chi connectivity index (χ4v) is 2.75. The number of fused-ring (bicyclic) bond motifs is 3. The third-order valence-electron chi connectivity index (χ3n) is 4.00. The molecule has 1 heterocycles. The third kappa shape index (κ3) is 1.78. The Morgan fingerprint density at radius 1 is 0.950 bits per heavy atom. The number of hydrogen-bond donors (Lipinski definition) is 0. The monoisotopic (exact) mass is 262 g/mol. The van der Waals surface area contributed by atoms with Crippen LogP contribution in [-0.4, -0.2) is 4.57 Å². The summed E-state index contributed by atoms with van der Waals surface area (Å²) in [6.45, 7) is 6.67. The molecule has 2 aromatic carbocycles. The van der Waals surface area contributed by atoms with Crippen molar-refractivity contribution < 1.29 is 0 Å². The summed E-state index contributed by atoms with van der Waals surface area (Å²) < 4.78 is 2.19. The highest BCUT2D eigenvalue weighted by molar-refractivity contribution is 6.08. The molecule has 0 atom stereocenters. The van der Waals surface area contributed by atoms with Crippen molar-refractivity contribution in [3.8, 4) is 6.07 Å². The zero-order valence-corrected chi connectivity index (χ0v) is 12.4. The van der Waals surface area contributed by atoms with Gasteiger partial charge in [-0.25, -0.2) is 0 Å². The van der Waals surface area contributed by atoms with E-state index < -0.39 is 0 Å². The van der Waals surface area contributed by atoms with E-state index in [1.54, 1.807) is 0 Å². The Bertz CT molecular complexity index is 855. The second-order valence-corrected chi connectivity index (χ2v) is 6.38. The SMILES string of the molecule is Cn1c2ccc(C#N)cc2c2cc(C(C)(C)C)ccc21. The topological polar surface area (TPSA) is 28.7 Å². The molecular formula is C18H18N2. The first-order valence-corrected chi connectivity index (χ1v) is 6.84. The maximum Gasteiger partial charge on any atom is 0.0991 e. The lowest BCUT2D eigenvalue weighted by atomic mass is 9.86. The largest absolute Gasteiger partial charge is 0.344 e. The molecule has 0 aliphatic rings. The summed E-state index contributed by atoms with van der Waals surface area (Å²) in [6, 6.07) is 14.8. The van der Waals surface area contributed by atoms with E-state index >= 15 is 0 Å². The maximum atomic E-state index is 9.10. The quantitative estimate of drug-likeness (QED) is 0.586. The van der Waals surface area contributed by atoms with Gasteiger partial charge in [0.1, 0.15) is 0 Å². The minimum Gasteiger partial charge on any atom is -0.344 e. The molecule has 0 spiro atoms. The van der Waals surface area contributed by atoms with Crippen LogP contribution >= 0.6 is 0 Å². The van der Waals surface area contributed by atoms with Gasteiger partial charge in [0.15, 0.2) is 0 Å². The summed E-state index contributed by atoms with van der Waals surface area (Å²) in [5, 5.41) is 11.5. The van der Waals surface area contributed by atoms with Crippen molar-refractivity contribution in [2.24, 2.45) is 7.05 Å². The van der Waals surface area contributed by atoms with E-state index in [4.69, 9.17) is 5.26 Å². The lowest BCUT2D eigenvalue weighted by molar-refractivity contribution is 0.591. The van der Waals surface area contributed by atoms with Gasteiger partial charge in [-0.3, -0.25) is 0 Å². The molecule has 0 bridgehead atoms. The zero-order valence-electron chi connectivity index (χ0n) is 12.4. The summed E-state index contributed by atoms with van der Waals surface area (Å²) in [7, 11) is 2.08. The molecule has 20 heavy (non-hydrogen) atoms. The van der Waals surface area contributed by atoms with Crippen molar-refractivity contribution in [2.75, 3.05) is 0 Å². The number of nitrogens with zero attached hydrogens (tertiary/aromatic N) is 2. The Kier molecular flexibility index (Phi) is 2.62. The predicted octanol–water partition coefficient (Wildman–Crippen LogP) is 4.50. The Labute approximate surface area is 119 Å². The fraction of sp³-hybridized carbons (Fsp3) is 0.278. The summed E-state index contributed by atoms with van der Waals surface area (Å²) in [5.41, 5.74) is 4.54. The van der Waals surface area contributed by atoms with Crippen molar-refractivity contribution in [3.05, 3.63) is 47.5 Å². The number of rotatable bonds is 0. The highest BCUT2D eigenvalue weighted by Crippen LogP contribution is 2.32. The molecule has 0 amide bonds. The summed E-state index contributed by atoms with van der Waals surface area (Å²) in [6.07, 6.45) is 0. The molecule has 1 aromatic heterocycles. The van der Waals surface area contributed by atoms with Crippen LogP contribution in [0.1, 0.15) is 31.9 Å². The van der Waals surface area contributed by atoms with Crippen LogP contribution in [0, 0.1) is 11.3 Å². The lowest BCUT2D eigenvalue weighted by Gasteiger charge is -2.19. The van der Waals surface area contributed by atoms with Crippen LogP contribution in [-0.2, 0) is 12.5 Å². The van der Waals surface area contributed by atoms with E-state index in [-0.39, 0.29) is 5.41 Å². The highest BCUT2D eigenvalue weighted by Gasteiger charge is 2.16. The Morgan fingerprint density at radius 2 is 1.55 bits per heavy atom. The first-order valence-electron chi connectivity index (χ1n) is 6.84. The Balaban J connectivity index is 2.44. The molecule has 0 aliphatic heterocycles. The van der Waals surface area contributed by atoms with E-state index in [1.165, 1.54) is 22.0 Å². The molecule has 2 heteroatoms. The Morgan fingerprint density at radius 3 is 2.15 bits per heavy atom. The van der Waals surface area contributed by atoms with Crippen molar-refractivity contribution in [3.63, 3.8) is 0 Å². The van der Waals surface area contributed by atoms with Gasteiger partial charge < -0.3 is 4.57 Å². The van der Waals surface area contributed by atoms with Gasteiger partial charge in [0, 0.05) is 28.9 Å². The van der Waals surface area contributed by atoms with Gasteiger partial charge >= 0.3 is 0 Å². The van der Waals surface area contributed by atoms with Crippen LogP contribution < -0.4 is 0 Å². The van der Waals surface area contributed by atoms with Crippen LogP contribution in [0.15, 0.2) is 36.4 Å². The van der Waals surface area contributed by atoms with Crippen LogP contribution in [0.4, 0.5) is 0 Å². The Hall–Kier alpha value is -2.27. The standard InChI is InChI=1S/C18H18N2/c1-18(2,3)13-6-8-17-15(10-13)14-9-12(11-19)5-7-16(14)20(17)4/h5-10H,1-4H3. The molecule has 0 N–H and O–H groups in total. The van der Waals surface area contributed by atoms with Gasteiger partial charge in [0.2, 0.25) is 0 Å². The van der Waals surface area contributed by atoms with E-state index in [0.29, 0.717) is 5.56 Å². The van der Waals surface area contributed by atoms with Crippen LogP contribution in [0.25, 0.3) is 21.8 Å². The molecular weight excluding hydrogens is 244 g/mol. The molecule has 3 rings (SSSR count). The average molecular weight is 262 g/mol. The van der Waals surface area contributed by atoms with Gasteiger partial charge in [-0.1, -0.05) is 26.8 Å². The van der Waals surface area contributed by atoms with Gasteiger partial charge in [-0.15, -0.1) is 0 Å². The average Bonchev–Trinajstić information content (AvgIpc) is 2.70. The minimum atomic E-state index is 0.128. The first kappa shape index (κ1) is 12.7. The predicted molar refractivity (Wildman–Crippen MR) is 83.8 cm³/mol. The number of benzene rings is 2. The van der Waals surface area contributed by atoms with Crippen LogP contribution in [0.2, 0.25) is 0 Å². The molecule has 100 valence electrons. The van der Waals surface area contributed by atoms with E-state index in [1.807, 2.05) is 18.2 Å². The number of aryl methyl sites for hydroxylation is 1. The van der Waals surface area contributed by atoms with Crippen molar-refractivity contribution >= 4 is 21.8 Å². The second-order valence-electron chi connectivity index (χ2n) is 6.38. The molecule has 0 unspecified atom stereocenters. The van der Waals surface area contributed by atoms with E-state index in [0.717, 1.165) is 5.39 Å². The van der Waals surface area contributed by atoms with Gasteiger partial charge in [-0.2, -0.15) is 5.26 Å². The molecule has 0 saturated heterocycles. The molecule has 2 nitrogen and oxygen atoms in total. The van der Waals surface area contributed by atoms with Gasteiger partial charge in [0.05, 0.1) is 11.6 Å². The first-order chi connectivity index (χ1) is 9.41. The van der Waals surface area contributed by atoms with E-state index in [2.05, 4.69) is 56.7 Å². The normalized spacial score (nSPS) is 11.9. The number of nitriles is 1. The van der Waals surface area contributed by atoms with Gasteiger partial charge in [0.25, 0.3) is 0 Å². The second kappa shape index (κ2) is 4.11. The van der Waals surface area contributed by atoms with Crippen LogP contribution in [0.3, 0.4) is 0 Å². The van der Waals surface area contributed by atoms with Crippen LogP contribution in [0.5, 0.6) is 0 Å². The molecule has 0 aliphatic carbocycles. The highest BCUT2D eigenvalue weighted by atomic mass is 14.9. The number of hydrogen-bond acceptors (Lipinski definition) is 1.